The zero-order valence-corrected chi connectivity index (χ0v) is 17.8. The lowest BCUT2D eigenvalue weighted by Gasteiger charge is -2.16. The van der Waals surface area contributed by atoms with Crippen molar-refractivity contribution in [3.05, 3.63) is 12.2 Å². The number of esters is 2. The van der Waals surface area contributed by atoms with Gasteiger partial charge in [0.25, 0.3) is 0 Å². The molecule has 2 aliphatic rings. The van der Waals surface area contributed by atoms with E-state index in [0.29, 0.717) is 58.1 Å². The third-order valence-electron chi connectivity index (χ3n) is 4.94. The van der Waals surface area contributed by atoms with E-state index >= 15 is 0 Å². The summed E-state index contributed by atoms with van der Waals surface area (Å²) in [6.07, 6.45) is 6.34. The number of rotatable bonds is 18. The fourth-order valence-corrected chi connectivity index (χ4v) is 3.46. The Morgan fingerprint density at radius 2 is 1.33 bits per heavy atom. The third-order valence-corrected chi connectivity index (χ3v) is 4.94. The second-order valence-corrected chi connectivity index (χ2v) is 7.16. The topological polar surface area (TPSA) is 98.8 Å². The summed E-state index contributed by atoms with van der Waals surface area (Å²) in [5.41, 5.74) is 0. The highest BCUT2D eigenvalue weighted by molar-refractivity contribution is 5.74. The standard InChI is InChI=1S/C21H34O9/c1-24-4-5-25-8-9-28-16-20(22)29-12-10-26-6-7-27-11-13-30-21(23)19-15-17-2-3-18(19)14-17/h2-3,17-19H,4-16H2,1H3. The average molecular weight is 430 g/mol. The minimum atomic E-state index is -0.445. The van der Waals surface area contributed by atoms with E-state index in [2.05, 4.69) is 12.2 Å². The molecule has 1 fully saturated rings. The first-order chi connectivity index (χ1) is 14.7. The Morgan fingerprint density at radius 3 is 1.93 bits per heavy atom. The van der Waals surface area contributed by atoms with Crippen LogP contribution >= 0.6 is 0 Å². The predicted octanol–water partition coefficient (Wildman–Crippen LogP) is 0.998. The molecule has 0 heterocycles. The number of fused-ring (bicyclic) bond motifs is 2. The lowest BCUT2D eigenvalue weighted by atomic mass is 9.94. The molecule has 9 heteroatoms. The number of methoxy groups -OCH3 is 1. The van der Waals surface area contributed by atoms with Crippen molar-refractivity contribution in [1.29, 1.82) is 0 Å². The summed E-state index contributed by atoms with van der Waals surface area (Å²) in [5.74, 6) is 0.373. The van der Waals surface area contributed by atoms with Crippen LogP contribution < -0.4 is 0 Å². The molecule has 0 radical (unpaired) electrons. The molecule has 30 heavy (non-hydrogen) atoms. The maximum atomic E-state index is 12.0. The minimum Gasteiger partial charge on any atom is -0.463 e. The molecule has 0 aromatic rings. The first kappa shape index (κ1) is 24.7. The van der Waals surface area contributed by atoms with Crippen LogP contribution in [0.15, 0.2) is 12.2 Å². The number of hydrogen-bond acceptors (Lipinski definition) is 9. The first-order valence-electron chi connectivity index (χ1n) is 10.5. The molecule has 2 bridgehead atoms. The number of hydrogen-bond donors (Lipinski definition) is 0. The van der Waals surface area contributed by atoms with Gasteiger partial charge in [0, 0.05) is 7.11 Å². The van der Waals surface area contributed by atoms with E-state index in [1.54, 1.807) is 7.11 Å². The summed E-state index contributed by atoms with van der Waals surface area (Å²) in [6.45, 7) is 3.41. The van der Waals surface area contributed by atoms with Gasteiger partial charge in [-0.1, -0.05) is 12.2 Å². The molecule has 3 unspecified atom stereocenters. The van der Waals surface area contributed by atoms with Gasteiger partial charge in [0.05, 0.1) is 58.8 Å². The van der Waals surface area contributed by atoms with Crippen molar-refractivity contribution in [2.24, 2.45) is 17.8 Å². The Balaban J connectivity index is 1.29. The second kappa shape index (κ2) is 15.3. The molecule has 0 N–H and O–H groups in total. The highest BCUT2D eigenvalue weighted by Gasteiger charge is 2.40. The Bertz CT molecular complexity index is 523. The van der Waals surface area contributed by atoms with Gasteiger partial charge < -0.3 is 33.2 Å². The Labute approximate surface area is 177 Å². The van der Waals surface area contributed by atoms with E-state index in [0.717, 1.165) is 12.8 Å². The van der Waals surface area contributed by atoms with Crippen molar-refractivity contribution in [3.8, 4) is 0 Å². The van der Waals surface area contributed by atoms with Crippen LogP contribution in [0.5, 0.6) is 0 Å². The summed E-state index contributed by atoms with van der Waals surface area (Å²) >= 11 is 0. The lowest BCUT2D eigenvalue weighted by molar-refractivity contribution is -0.152. The maximum absolute atomic E-state index is 12.0. The fraction of sp³-hybridized carbons (Fsp3) is 0.810. The molecule has 3 atom stereocenters. The fourth-order valence-electron chi connectivity index (χ4n) is 3.46. The van der Waals surface area contributed by atoms with Crippen molar-refractivity contribution in [1.82, 2.24) is 0 Å². The molecule has 0 saturated heterocycles. The Kier molecular flexibility index (Phi) is 12.6. The molecule has 0 aromatic heterocycles. The van der Waals surface area contributed by atoms with Crippen LogP contribution in [0.4, 0.5) is 0 Å². The number of carbonyl (C=O) groups excluding carboxylic acids is 2. The third kappa shape index (κ3) is 9.99. The van der Waals surface area contributed by atoms with E-state index in [-0.39, 0.29) is 38.3 Å². The molecule has 2 rings (SSSR count). The Hall–Kier alpha value is -1.52. The monoisotopic (exact) mass is 430 g/mol. The van der Waals surface area contributed by atoms with Crippen LogP contribution in [0.25, 0.3) is 0 Å². The number of ether oxygens (including phenoxy) is 7. The van der Waals surface area contributed by atoms with Crippen LogP contribution in [0.2, 0.25) is 0 Å². The molecule has 9 nitrogen and oxygen atoms in total. The molecule has 2 aliphatic carbocycles. The van der Waals surface area contributed by atoms with Crippen molar-refractivity contribution < 1.29 is 42.7 Å². The Morgan fingerprint density at radius 1 is 0.733 bits per heavy atom. The molecule has 0 amide bonds. The first-order valence-corrected chi connectivity index (χ1v) is 10.5. The maximum Gasteiger partial charge on any atom is 0.332 e. The van der Waals surface area contributed by atoms with Gasteiger partial charge in [0.1, 0.15) is 19.8 Å². The highest BCUT2D eigenvalue weighted by Crippen LogP contribution is 2.43. The van der Waals surface area contributed by atoms with Gasteiger partial charge >= 0.3 is 11.9 Å². The predicted molar refractivity (Wildman–Crippen MR) is 106 cm³/mol. The second-order valence-electron chi connectivity index (χ2n) is 7.16. The largest absolute Gasteiger partial charge is 0.463 e. The van der Waals surface area contributed by atoms with E-state index in [1.165, 1.54) is 0 Å². The summed E-state index contributed by atoms with van der Waals surface area (Å²) < 4.78 is 36.1. The lowest BCUT2D eigenvalue weighted by Crippen LogP contribution is -2.23. The molecule has 0 spiro atoms. The van der Waals surface area contributed by atoms with Gasteiger partial charge in [-0.25, -0.2) is 4.79 Å². The smallest absolute Gasteiger partial charge is 0.332 e. The molecule has 1 saturated carbocycles. The van der Waals surface area contributed by atoms with Crippen LogP contribution in [0.1, 0.15) is 12.8 Å². The van der Waals surface area contributed by atoms with E-state index in [9.17, 15) is 9.59 Å². The molecule has 0 aromatic carbocycles. The van der Waals surface area contributed by atoms with Crippen molar-refractivity contribution >= 4 is 11.9 Å². The molecule has 0 aliphatic heterocycles. The van der Waals surface area contributed by atoms with E-state index in [1.807, 2.05) is 0 Å². The van der Waals surface area contributed by atoms with Gasteiger partial charge in [-0.05, 0) is 24.7 Å². The van der Waals surface area contributed by atoms with E-state index < -0.39 is 5.97 Å². The van der Waals surface area contributed by atoms with Crippen molar-refractivity contribution in [2.75, 3.05) is 79.8 Å². The van der Waals surface area contributed by atoms with Crippen molar-refractivity contribution in [3.63, 3.8) is 0 Å². The van der Waals surface area contributed by atoms with Crippen LogP contribution in [0, 0.1) is 17.8 Å². The van der Waals surface area contributed by atoms with Crippen LogP contribution in [-0.2, 0) is 42.7 Å². The zero-order valence-electron chi connectivity index (χ0n) is 17.8. The summed E-state index contributed by atoms with van der Waals surface area (Å²) in [4.78, 5) is 23.5. The molecule has 172 valence electrons. The number of allylic oxidation sites excluding steroid dienone is 2. The summed E-state index contributed by atoms with van der Waals surface area (Å²) in [6, 6.07) is 0. The zero-order chi connectivity index (χ0) is 21.4. The van der Waals surface area contributed by atoms with Gasteiger partial charge in [-0.3, -0.25) is 4.79 Å². The van der Waals surface area contributed by atoms with Crippen LogP contribution in [0.3, 0.4) is 0 Å². The highest BCUT2D eigenvalue weighted by atomic mass is 16.6. The summed E-state index contributed by atoms with van der Waals surface area (Å²) in [7, 11) is 1.60. The molecular formula is C21H34O9. The normalized spacial score (nSPS) is 21.8. The number of carbonyl (C=O) groups is 2. The van der Waals surface area contributed by atoms with Crippen LogP contribution in [-0.4, -0.2) is 91.7 Å². The average Bonchev–Trinajstić information content (AvgIpc) is 3.38. The van der Waals surface area contributed by atoms with Gasteiger partial charge in [0.2, 0.25) is 0 Å². The van der Waals surface area contributed by atoms with E-state index in [4.69, 9.17) is 33.2 Å². The van der Waals surface area contributed by atoms with Crippen molar-refractivity contribution in [2.45, 2.75) is 12.8 Å². The summed E-state index contributed by atoms with van der Waals surface area (Å²) in [5, 5.41) is 0. The van der Waals surface area contributed by atoms with Gasteiger partial charge in [-0.2, -0.15) is 0 Å². The van der Waals surface area contributed by atoms with Gasteiger partial charge in [-0.15, -0.1) is 0 Å². The minimum absolute atomic E-state index is 0.0191. The molecular weight excluding hydrogens is 396 g/mol. The van der Waals surface area contributed by atoms with Gasteiger partial charge in [0.15, 0.2) is 0 Å². The quantitative estimate of drug-likeness (QED) is 0.179. The SMILES string of the molecule is COCCOCCOCC(=O)OCCOCCOCCOC(=O)C1CC2C=CC1C2.